The molecular formula is C7H4F5NS. The predicted molar refractivity (Wildman–Crippen MR) is 42.6 cm³/mol. The Balaban J connectivity index is 3.45. The summed E-state index contributed by atoms with van der Waals surface area (Å²) < 4.78 is 60.8. The van der Waals surface area contributed by atoms with Gasteiger partial charge in [-0.2, -0.15) is 5.26 Å². The second-order valence-electron chi connectivity index (χ2n) is 2.61. The SMILES string of the molecule is N#Cc1cccc(S(F)(F)(F)(F)F)c1. The first-order chi connectivity index (χ1) is 6.03. The normalized spacial score (nSPS) is 16.6. The van der Waals surface area contributed by atoms with Gasteiger partial charge in [0.1, 0.15) is 4.90 Å². The average Bonchev–Trinajstić information content (AvgIpc) is 2.01. The van der Waals surface area contributed by atoms with Gasteiger partial charge in [-0.05, 0) is 18.2 Å². The van der Waals surface area contributed by atoms with Crippen molar-refractivity contribution >= 4 is 10.2 Å². The molecule has 0 aliphatic heterocycles. The number of halogens is 5. The molecule has 0 atom stereocenters. The molecule has 0 heterocycles. The molecule has 0 fully saturated rings. The number of hydrogen-bond acceptors (Lipinski definition) is 1. The summed E-state index contributed by atoms with van der Waals surface area (Å²) in [6.07, 6.45) is 0. The van der Waals surface area contributed by atoms with Gasteiger partial charge in [0, 0.05) is 0 Å². The molecule has 0 aromatic heterocycles. The third-order valence-electron chi connectivity index (χ3n) is 1.41. The highest BCUT2D eigenvalue weighted by Gasteiger charge is 2.65. The van der Waals surface area contributed by atoms with Crippen LogP contribution in [0.5, 0.6) is 0 Å². The molecule has 0 aliphatic carbocycles. The van der Waals surface area contributed by atoms with Crippen LogP contribution in [0.2, 0.25) is 0 Å². The molecule has 0 bridgehead atoms. The molecule has 0 radical (unpaired) electrons. The lowest BCUT2D eigenvalue weighted by molar-refractivity contribution is 0.364. The van der Waals surface area contributed by atoms with Gasteiger partial charge in [0.15, 0.2) is 0 Å². The summed E-state index contributed by atoms with van der Waals surface area (Å²) in [6, 6.07) is 3.54. The van der Waals surface area contributed by atoms with Crippen LogP contribution in [-0.4, -0.2) is 0 Å². The van der Waals surface area contributed by atoms with Crippen molar-refractivity contribution in [2.45, 2.75) is 4.90 Å². The highest BCUT2D eigenvalue weighted by atomic mass is 32.5. The number of nitrogens with zero attached hydrogens (tertiary/aromatic N) is 1. The van der Waals surface area contributed by atoms with Crippen LogP contribution in [0.15, 0.2) is 29.2 Å². The maximum absolute atomic E-state index is 12.2. The van der Waals surface area contributed by atoms with Gasteiger partial charge in [-0.15, -0.1) is 0 Å². The van der Waals surface area contributed by atoms with Crippen LogP contribution in [0, 0.1) is 11.3 Å². The highest BCUT2D eigenvalue weighted by molar-refractivity contribution is 8.45. The summed E-state index contributed by atoms with van der Waals surface area (Å²) in [4.78, 5) is -2.04. The fourth-order valence-corrected chi connectivity index (χ4v) is 1.49. The zero-order valence-corrected chi connectivity index (χ0v) is 7.37. The van der Waals surface area contributed by atoms with Crippen LogP contribution < -0.4 is 0 Å². The quantitative estimate of drug-likeness (QED) is 0.661. The molecule has 14 heavy (non-hydrogen) atoms. The third-order valence-corrected chi connectivity index (χ3v) is 2.55. The Hall–Kier alpha value is -1.29. The standard InChI is InChI=1S/C7H4F5NS/c8-14(9,10,11,12)7-3-1-2-6(4-7)5-13/h1-4H. The Bertz CT molecular complexity index is 415. The zero-order valence-electron chi connectivity index (χ0n) is 6.55. The largest absolute Gasteiger partial charge is 0.310 e. The molecule has 1 aromatic rings. The van der Waals surface area contributed by atoms with Crippen molar-refractivity contribution in [3.8, 4) is 6.07 Å². The first kappa shape index (κ1) is 10.8. The van der Waals surface area contributed by atoms with Gasteiger partial charge in [-0.1, -0.05) is 25.5 Å². The average molecular weight is 229 g/mol. The number of nitriles is 1. The number of hydrogen-bond donors (Lipinski definition) is 0. The molecule has 1 nitrogen and oxygen atoms in total. The van der Waals surface area contributed by atoms with E-state index in [0.717, 1.165) is 12.1 Å². The van der Waals surface area contributed by atoms with E-state index >= 15 is 0 Å². The topological polar surface area (TPSA) is 23.8 Å². The second kappa shape index (κ2) is 2.20. The van der Waals surface area contributed by atoms with Gasteiger partial charge in [0.25, 0.3) is 0 Å². The molecule has 7 heteroatoms. The number of benzene rings is 1. The van der Waals surface area contributed by atoms with E-state index in [1.165, 1.54) is 6.07 Å². The monoisotopic (exact) mass is 229 g/mol. The maximum atomic E-state index is 12.2. The minimum absolute atomic E-state index is 0.140. The summed E-state index contributed by atoms with van der Waals surface area (Å²) >= 11 is 0. The number of rotatable bonds is 1. The van der Waals surface area contributed by atoms with Crippen molar-refractivity contribution in [3.05, 3.63) is 29.8 Å². The van der Waals surface area contributed by atoms with E-state index in [4.69, 9.17) is 5.26 Å². The van der Waals surface area contributed by atoms with Crippen molar-refractivity contribution in [1.82, 2.24) is 0 Å². The smallest absolute Gasteiger partial charge is 0.192 e. The Labute approximate surface area is 76.5 Å². The predicted octanol–water partition coefficient (Wildman–Crippen LogP) is 4.22. The van der Waals surface area contributed by atoms with Crippen LogP contribution in [0.1, 0.15) is 5.56 Å². The van der Waals surface area contributed by atoms with Crippen LogP contribution >= 0.6 is 10.2 Å². The minimum Gasteiger partial charge on any atom is -0.192 e. The first-order valence-electron chi connectivity index (χ1n) is 3.27. The molecule has 1 rings (SSSR count). The third kappa shape index (κ3) is 2.35. The molecule has 0 aliphatic rings. The lowest BCUT2D eigenvalue weighted by Crippen LogP contribution is -2.05. The Kier molecular flexibility index (Phi) is 1.70. The molecule has 78 valence electrons. The van der Waals surface area contributed by atoms with Crippen molar-refractivity contribution < 1.29 is 19.4 Å². The lowest BCUT2D eigenvalue weighted by Gasteiger charge is -2.40. The summed E-state index contributed by atoms with van der Waals surface area (Å²) in [7, 11) is -9.63. The van der Waals surface area contributed by atoms with Crippen molar-refractivity contribution in [2.24, 2.45) is 0 Å². The van der Waals surface area contributed by atoms with Crippen LogP contribution in [0.4, 0.5) is 19.4 Å². The minimum atomic E-state index is -9.63. The fraction of sp³-hybridized carbons (Fsp3) is 0. The van der Waals surface area contributed by atoms with E-state index in [-0.39, 0.29) is 12.1 Å². The molecule has 0 N–H and O–H groups in total. The molecule has 0 amide bonds. The van der Waals surface area contributed by atoms with E-state index in [1.54, 1.807) is 0 Å². The lowest BCUT2D eigenvalue weighted by atomic mass is 10.2. The Morgan fingerprint density at radius 1 is 1.07 bits per heavy atom. The van der Waals surface area contributed by atoms with E-state index in [9.17, 15) is 19.4 Å². The fourth-order valence-electron chi connectivity index (χ4n) is 0.806. The van der Waals surface area contributed by atoms with E-state index in [1.807, 2.05) is 0 Å². The van der Waals surface area contributed by atoms with Crippen LogP contribution in [0.3, 0.4) is 0 Å². The van der Waals surface area contributed by atoms with E-state index < -0.39 is 20.7 Å². The van der Waals surface area contributed by atoms with Crippen molar-refractivity contribution in [3.63, 3.8) is 0 Å². The second-order valence-corrected chi connectivity index (χ2v) is 5.02. The summed E-state index contributed by atoms with van der Waals surface area (Å²) in [5.41, 5.74) is -0.448. The van der Waals surface area contributed by atoms with Gasteiger partial charge in [-0.25, -0.2) is 0 Å². The molecular weight excluding hydrogens is 225 g/mol. The van der Waals surface area contributed by atoms with Gasteiger partial charge in [-0.3, -0.25) is 0 Å². The maximum Gasteiger partial charge on any atom is 0.310 e. The summed E-state index contributed by atoms with van der Waals surface area (Å²) in [5.74, 6) is 0. The Morgan fingerprint density at radius 3 is 2.07 bits per heavy atom. The Morgan fingerprint density at radius 2 is 1.64 bits per heavy atom. The molecule has 0 saturated carbocycles. The molecule has 0 spiro atoms. The highest BCUT2D eigenvalue weighted by Crippen LogP contribution is 3.02. The van der Waals surface area contributed by atoms with Gasteiger partial charge >= 0.3 is 10.2 Å². The molecule has 0 saturated heterocycles. The van der Waals surface area contributed by atoms with E-state index in [2.05, 4.69) is 0 Å². The van der Waals surface area contributed by atoms with Crippen LogP contribution in [-0.2, 0) is 0 Å². The molecule has 1 aromatic carbocycles. The van der Waals surface area contributed by atoms with Crippen molar-refractivity contribution in [1.29, 1.82) is 5.26 Å². The van der Waals surface area contributed by atoms with Crippen LogP contribution in [0.25, 0.3) is 0 Å². The molecule has 0 unspecified atom stereocenters. The summed E-state index contributed by atoms with van der Waals surface area (Å²) in [5, 5.41) is 8.25. The van der Waals surface area contributed by atoms with Gasteiger partial charge in [0.05, 0.1) is 11.6 Å². The van der Waals surface area contributed by atoms with E-state index in [0.29, 0.717) is 0 Å². The first-order valence-corrected chi connectivity index (χ1v) is 5.22. The van der Waals surface area contributed by atoms with Crippen molar-refractivity contribution in [2.75, 3.05) is 0 Å². The van der Waals surface area contributed by atoms with Gasteiger partial charge in [0.2, 0.25) is 0 Å². The van der Waals surface area contributed by atoms with Gasteiger partial charge < -0.3 is 0 Å². The summed E-state index contributed by atoms with van der Waals surface area (Å²) in [6.45, 7) is 0. The zero-order chi connectivity index (χ0) is 11.1.